The van der Waals surface area contributed by atoms with E-state index in [0.29, 0.717) is 11.8 Å². The van der Waals surface area contributed by atoms with Gasteiger partial charge in [-0.05, 0) is 37.3 Å². The van der Waals surface area contributed by atoms with Crippen LogP contribution in [0.3, 0.4) is 0 Å². The number of halogens is 3. The minimum atomic E-state index is -1.77. The number of anilines is 1. The van der Waals surface area contributed by atoms with Crippen LogP contribution in [0.2, 0.25) is 0 Å². The molecule has 0 saturated carbocycles. The molecule has 2 aromatic carbocycles. The predicted molar refractivity (Wildman–Crippen MR) is 86.2 cm³/mol. The summed E-state index contributed by atoms with van der Waals surface area (Å²) >= 11 is 0. The third-order valence-corrected chi connectivity index (χ3v) is 3.54. The Morgan fingerprint density at radius 3 is 2.42 bits per heavy atom. The van der Waals surface area contributed by atoms with Gasteiger partial charge in [-0.2, -0.15) is 0 Å². The number of phenols is 1. The molecule has 138 valence electrons. The van der Waals surface area contributed by atoms with Crippen LogP contribution in [0.5, 0.6) is 11.5 Å². The van der Waals surface area contributed by atoms with Gasteiger partial charge >= 0.3 is 11.8 Å². The number of benzene rings is 2. The van der Waals surface area contributed by atoms with Gasteiger partial charge in [0.05, 0.1) is 18.8 Å². The molecule has 0 aliphatic heterocycles. The maximum atomic E-state index is 13.5. The Hall–Kier alpha value is -3.23. The molecule has 3 N–H and O–H groups in total. The van der Waals surface area contributed by atoms with Gasteiger partial charge in [-0.25, -0.2) is 13.2 Å². The molecule has 0 saturated heterocycles. The number of nitrogens with one attached hydrogen (secondary N) is 2. The molecule has 2 amide bonds. The molecular weight excluding hydrogens is 353 g/mol. The molecule has 9 heteroatoms. The number of rotatable bonds is 4. The van der Waals surface area contributed by atoms with Crippen LogP contribution in [0.15, 0.2) is 30.3 Å². The molecule has 0 aromatic heterocycles. The van der Waals surface area contributed by atoms with E-state index in [1.54, 1.807) is 0 Å². The average Bonchev–Trinajstić information content (AvgIpc) is 2.62. The minimum Gasteiger partial charge on any atom is -0.508 e. The first-order valence-electron chi connectivity index (χ1n) is 7.36. The largest absolute Gasteiger partial charge is 0.508 e. The van der Waals surface area contributed by atoms with Gasteiger partial charge in [-0.3, -0.25) is 9.59 Å². The van der Waals surface area contributed by atoms with Gasteiger partial charge in [0.2, 0.25) is 0 Å². The second-order valence-corrected chi connectivity index (χ2v) is 5.30. The van der Waals surface area contributed by atoms with Crippen molar-refractivity contribution >= 4 is 17.5 Å². The lowest BCUT2D eigenvalue weighted by Crippen LogP contribution is -2.37. The van der Waals surface area contributed by atoms with Crippen LogP contribution in [0.1, 0.15) is 18.5 Å². The highest BCUT2D eigenvalue weighted by Gasteiger charge is 2.22. The molecule has 2 rings (SSSR count). The number of hydrogen-bond acceptors (Lipinski definition) is 4. The van der Waals surface area contributed by atoms with E-state index >= 15 is 0 Å². The zero-order chi connectivity index (χ0) is 19.4. The van der Waals surface area contributed by atoms with Crippen molar-refractivity contribution in [3.8, 4) is 11.5 Å². The average molecular weight is 368 g/mol. The summed E-state index contributed by atoms with van der Waals surface area (Å²) in [6.45, 7) is 1.50. The van der Waals surface area contributed by atoms with Crippen LogP contribution >= 0.6 is 0 Å². The van der Waals surface area contributed by atoms with Crippen LogP contribution in [0.4, 0.5) is 18.9 Å². The van der Waals surface area contributed by atoms with Gasteiger partial charge < -0.3 is 20.5 Å². The fourth-order valence-corrected chi connectivity index (χ4v) is 2.15. The SMILES string of the molecule is COc1ccc(O)c(C(C)NC(=O)C(=O)Nc2ccc(F)c(F)c2F)c1. The van der Waals surface area contributed by atoms with Crippen molar-refractivity contribution in [3.63, 3.8) is 0 Å². The van der Waals surface area contributed by atoms with E-state index in [1.165, 1.54) is 32.2 Å². The number of phenolic OH excluding ortho intramolecular Hbond substituents is 1. The summed E-state index contributed by atoms with van der Waals surface area (Å²) in [6, 6.07) is 4.93. The number of carbonyl (C=O) groups excluding carboxylic acids is 2. The maximum absolute atomic E-state index is 13.5. The van der Waals surface area contributed by atoms with Crippen LogP contribution < -0.4 is 15.4 Å². The van der Waals surface area contributed by atoms with Crippen molar-refractivity contribution in [3.05, 3.63) is 53.3 Å². The van der Waals surface area contributed by atoms with Gasteiger partial charge in [0.1, 0.15) is 11.5 Å². The molecule has 0 heterocycles. The lowest BCUT2D eigenvalue weighted by Gasteiger charge is -2.16. The molecule has 1 atom stereocenters. The minimum absolute atomic E-state index is 0.134. The smallest absolute Gasteiger partial charge is 0.313 e. The number of methoxy groups -OCH3 is 1. The zero-order valence-electron chi connectivity index (χ0n) is 13.8. The lowest BCUT2D eigenvalue weighted by molar-refractivity contribution is -0.136. The number of amides is 2. The molecule has 0 bridgehead atoms. The third kappa shape index (κ3) is 4.05. The van der Waals surface area contributed by atoms with E-state index in [-0.39, 0.29) is 11.3 Å². The number of ether oxygens (including phenoxy) is 1. The number of carbonyl (C=O) groups is 2. The van der Waals surface area contributed by atoms with Gasteiger partial charge in [0, 0.05) is 5.56 Å². The van der Waals surface area contributed by atoms with E-state index < -0.39 is 41.0 Å². The molecule has 0 aliphatic carbocycles. The molecule has 26 heavy (non-hydrogen) atoms. The van der Waals surface area contributed by atoms with Gasteiger partial charge in [-0.1, -0.05) is 0 Å². The molecular formula is C17H15F3N2O4. The zero-order valence-corrected chi connectivity index (χ0v) is 13.8. The molecule has 2 aromatic rings. The Morgan fingerprint density at radius 1 is 1.08 bits per heavy atom. The van der Waals surface area contributed by atoms with Crippen molar-refractivity contribution < 1.29 is 32.6 Å². The van der Waals surface area contributed by atoms with E-state index in [9.17, 15) is 27.9 Å². The predicted octanol–water partition coefficient (Wildman–Crippen LogP) is 2.63. The summed E-state index contributed by atoms with van der Waals surface area (Å²) in [5.41, 5.74) is -0.398. The summed E-state index contributed by atoms with van der Waals surface area (Å²) in [7, 11) is 1.42. The van der Waals surface area contributed by atoms with Gasteiger partial charge in [-0.15, -0.1) is 0 Å². The van der Waals surface area contributed by atoms with E-state index in [0.717, 1.165) is 6.07 Å². The molecule has 0 aliphatic rings. The summed E-state index contributed by atoms with van der Waals surface area (Å²) in [6.07, 6.45) is 0. The van der Waals surface area contributed by atoms with Crippen LogP contribution in [-0.4, -0.2) is 24.0 Å². The summed E-state index contributed by atoms with van der Waals surface area (Å²) in [5.74, 6) is -6.97. The highest BCUT2D eigenvalue weighted by molar-refractivity contribution is 6.39. The Kier molecular flexibility index (Phi) is 5.71. The Morgan fingerprint density at radius 2 is 1.77 bits per heavy atom. The first-order valence-corrected chi connectivity index (χ1v) is 7.36. The van der Waals surface area contributed by atoms with Crippen LogP contribution in [0.25, 0.3) is 0 Å². The van der Waals surface area contributed by atoms with Crippen LogP contribution in [-0.2, 0) is 9.59 Å². The third-order valence-electron chi connectivity index (χ3n) is 3.54. The Balaban J connectivity index is 2.10. The standard InChI is InChI=1S/C17H15F3N2O4/c1-8(10-7-9(26-2)3-6-13(10)23)21-16(24)17(25)22-12-5-4-11(18)14(19)15(12)20/h3-8,23H,1-2H3,(H,21,24)(H,22,25). The van der Waals surface area contributed by atoms with Gasteiger partial charge in [0.25, 0.3) is 0 Å². The number of hydrogen-bond donors (Lipinski definition) is 3. The maximum Gasteiger partial charge on any atom is 0.313 e. The molecule has 0 spiro atoms. The van der Waals surface area contributed by atoms with Crippen LogP contribution in [0, 0.1) is 17.5 Å². The molecule has 1 unspecified atom stereocenters. The molecule has 6 nitrogen and oxygen atoms in total. The Bertz CT molecular complexity index is 858. The molecule has 0 radical (unpaired) electrons. The monoisotopic (exact) mass is 368 g/mol. The molecule has 0 fully saturated rings. The van der Waals surface area contributed by atoms with Crippen molar-refractivity contribution in [2.75, 3.05) is 12.4 Å². The van der Waals surface area contributed by atoms with Crippen molar-refractivity contribution in [2.24, 2.45) is 0 Å². The van der Waals surface area contributed by atoms with E-state index in [4.69, 9.17) is 4.74 Å². The Labute approximate surface area is 146 Å². The normalized spacial score (nSPS) is 11.6. The lowest BCUT2D eigenvalue weighted by atomic mass is 10.1. The second kappa shape index (κ2) is 7.77. The first-order chi connectivity index (χ1) is 12.2. The van der Waals surface area contributed by atoms with Gasteiger partial charge in [0.15, 0.2) is 17.5 Å². The topological polar surface area (TPSA) is 87.7 Å². The van der Waals surface area contributed by atoms with E-state index in [2.05, 4.69) is 5.32 Å². The highest BCUT2D eigenvalue weighted by atomic mass is 19.2. The van der Waals surface area contributed by atoms with Crippen molar-refractivity contribution in [2.45, 2.75) is 13.0 Å². The summed E-state index contributed by atoms with van der Waals surface area (Å²) in [5, 5.41) is 14.0. The summed E-state index contributed by atoms with van der Waals surface area (Å²) < 4.78 is 44.6. The number of aromatic hydroxyl groups is 1. The van der Waals surface area contributed by atoms with Crippen molar-refractivity contribution in [1.29, 1.82) is 0 Å². The summed E-state index contributed by atoms with van der Waals surface area (Å²) in [4.78, 5) is 23.8. The highest BCUT2D eigenvalue weighted by Crippen LogP contribution is 2.28. The van der Waals surface area contributed by atoms with E-state index in [1.807, 2.05) is 5.32 Å². The fourth-order valence-electron chi connectivity index (χ4n) is 2.15. The quantitative estimate of drug-likeness (QED) is 0.572. The van der Waals surface area contributed by atoms with Crippen molar-refractivity contribution in [1.82, 2.24) is 5.32 Å². The second-order valence-electron chi connectivity index (χ2n) is 5.30. The first kappa shape index (κ1) is 19.1. The fraction of sp³-hybridized carbons (Fsp3) is 0.176.